The van der Waals surface area contributed by atoms with E-state index >= 15 is 0 Å². The molecule has 1 unspecified atom stereocenters. The summed E-state index contributed by atoms with van der Waals surface area (Å²) >= 11 is 0. The first kappa shape index (κ1) is 19.4. The Morgan fingerprint density at radius 3 is 2.42 bits per heavy atom. The molecule has 140 valence electrons. The van der Waals surface area contributed by atoms with E-state index in [0.29, 0.717) is 35.6 Å². The van der Waals surface area contributed by atoms with Crippen LogP contribution in [-0.4, -0.2) is 32.8 Å². The van der Waals surface area contributed by atoms with Crippen molar-refractivity contribution in [2.45, 2.75) is 19.9 Å². The number of nitrogens with one attached hydrogen (secondary N) is 2. The maximum absolute atomic E-state index is 6.08. The van der Waals surface area contributed by atoms with Crippen LogP contribution in [0.15, 0.2) is 53.5 Å². The average Bonchev–Trinajstić information content (AvgIpc) is 2.65. The van der Waals surface area contributed by atoms with Gasteiger partial charge < -0.3 is 25.8 Å². The van der Waals surface area contributed by atoms with Crippen LogP contribution in [0, 0.1) is 5.92 Å². The van der Waals surface area contributed by atoms with Crippen LogP contribution in [0.3, 0.4) is 0 Å². The molecule has 0 aliphatic carbocycles. The number of benzene rings is 2. The summed E-state index contributed by atoms with van der Waals surface area (Å²) in [6, 6.07) is 15.7. The molecule has 26 heavy (non-hydrogen) atoms. The van der Waals surface area contributed by atoms with E-state index in [1.54, 1.807) is 14.2 Å². The second-order valence-electron chi connectivity index (χ2n) is 6.28. The number of para-hydroxylation sites is 1. The quantitative estimate of drug-likeness (QED) is 0.498. The summed E-state index contributed by atoms with van der Waals surface area (Å²) < 4.78 is 10.6. The van der Waals surface area contributed by atoms with Gasteiger partial charge in [0.25, 0.3) is 0 Å². The number of anilines is 2. The van der Waals surface area contributed by atoms with Gasteiger partial charge in [0, 0.05) is 17.8 Å². The predicted octanol–water partition coefficient (Wildman–Crippen LogP) is 3.57. The molecule has 0 aromatic heterocycles. The number of nitrogens with zero attached hydrogens (tertiary/aromatic N) is 1. The van der Waals surface area contributed by atoms with Crippen LogP contribution >= 0.6 is 0 Å². The van der Waals surface area contributed by atoms with Gasteiger partial charge in [-0.1, -0.05) is 32.0 Å². The van der Waals surface area contributed by atoms with Gasteiger partial charge in [-0.15, -0.1) is 0 Å². The molecule has 0 fully saturated rings. The van der Waals surface area contributed by atoms with Crippen LogP contribution in [-0.2, 0) is 0 Å². The molecule has 0 heterocycles. The fourth-order valence-electron chi connectivity index (χ4n) is 2.46. The summed E-state index contributed by atoms with van der Waals surface area (Å²) in [4.78, 5) is 4.49. The summed E-state index contributed by atoms with van der Waals surface area (Å²) in [5, 5.41) is 6.59. The molecular formula is C20H28N4O2. The first-order valence-electron chi connectivity index (χ1n) is 8.64. The van der Waals surface area contributed by atoms with E-state index in [2.05, 4.69) is 29.5 Å². The third kappa shape index (κ3) is 5.58. The van der Waals surface area contributed by atoms with Gasteiger partial charge in [-0.2, -0.15) is 0 Å². The summed E-state index contributed by atoms with van der Waals surface area (Å²) in [6.45, 7) is 4.87. The maximum Gasteiger partial charge on any atom is 0.193 e. The second-order valence-corrected chi connectivity index (χ2v) is 6.28. The lowest BCUT2D eigenvalue weighted by Crippen LogP contribution is -2.31. The Morgan fingerprint density at radius 2 is 1.81 bits per heavy atom. The lowest BCUT2D eigenvalue weighted by Gasteiger charge is -2.22. The first-order valence-corrected chi connectivity index (χ1v) is 8.64. The van der Waals surface area contributed by atoms with Crippen molar-refractivity contribution >= 4 is 17.3 Å². The van der Waals surface area contributed by atoms with E-state index in [9.17, 15) is 0 Å². The van der Waals surface area contributed by atoms with Crippen LogP contribution < -0.4 is 25.8 Å². The van der Waals surface area contributed by atoms with Gasteiger partial charge in [0.05, 0.1) is 26.5 Å². The molecule has 0 amide bonds. The standard InChI is InChI=1S/C20H28N4O2/c1-14(2)18(23-15-8-6-5-7-9-15)13-22-20(21)24-17-12-16(25-3)10-11-19(17)26-4/h5-12,14,18,23H,13H2,1-4H3,(H3,21,22,24). The number of ether oxygens (including phenoxy) is 2. The highest BCUT2D eigenvalue weighted by Crippen LogP contribution is 2.28. The molecule has 6 nitrogen and oxygen atoms in total. The molecule has 2 rings (SSSR count). The second kappa shape index (κ2) is 9.56. The smallest absolute Gasteiger partial charge is 0.193 e. The molecule has 6 heteroatoms. The minimum Gasteiger partial charge on any atom is -0.497 e. The summed E-state index contributed by atoms with van der Waals surface area (Å²) in [7, 11) is 3.23. The van der Waals surface area contributed by atoms with Crippen molar-refractivity contribution in [3.8, 4) is 11.5 Å². The minimum atomic E-state index is 0.171. The normalized spacial score (nSPS) is 12.6. The van der Waals surface area contributed by atoms with Crippen molar-refractivity contribution in [1.29, 1.82) is 0 Å². The molecule has 0 aliphatic heterocycles. The third-order valence-electron chi connectivity index (χ3n) is 4.06. The lowest BCUT2D eigenvalue weighted by molar-refractivity contribution is 0.405. The van der Waals surface area contributed by atoms with Gasteiger partial charge in [0.1, 0.15) is 11.5 Å². The molecule has 0 bridgehead atoms. The molecule has 0 aliphatic rings. The van der Waals surface area contributed by atoms with Gasteiger partial charge in [0.15, 0.2) is 5.96 Å². The van der Waals surface area contributed by atoms with E-state index in [0.717, 1.165) is 5.69 Å². The molecular weight excluding hydrogens is 328 g/mol. The highest BCUT2D eigenvalue weighted by Gasteiger charge is 2.13. The van der Waals surface area contributed by atoms with Crippen molar-refractivity contribution in [2.24, 2.45) is 16.6 Å². The number of guanidine groups is 1. The minimum absolute atomic E-state index is 0.171. The first-order chi connectivity index (χ1) is 12.5. The van der Waals surface area contributed by atoms with Crippen LogP contribution in [0.1, 0.15) is 13.8 Å². The molecule has 1 atom stereocenters. The van der Waals surface area contributed by atoms with Gasteiger partial charge in [-0.05, 0) is 30.2 Å². The Balaban J connectivity index is 2.06. The highest BCUT2D eigenvalue weighted by atomic mass is 16.5. The van der Waals surface area contributed by atoms with Crippen LogP contribution in [0.4, 0.5) is 11.4 Å². The van der Waals surface area contributed by atoms with E-state index in [-0.39, 0.29) is 6.04 Å². The summed E-state index contributed by atoms with van der Waals surface area (Å²) in [5.74, 6) is 2.12. The molecule has 4 N–H and O–H groups in total. The largest absolute Gasteiger partial charge is 0.497 e. The molecule has 0 saturated heterocycles. The topological polar surface area (TPSA) is 80.9 Å². The number of nitrogens with two attached hydrogens (primary N) is 1. The summed E-state index contributed by atoms with van der Waals surface area (Å²) in [5.41, 5.74) is 7.86. The number of rotatable bonds is 8. The predicted molar refractivity (Wildman–Crippen MR) is 108 cm³/mol. The van der Waals surface area contributed by atoms with Gasteiger partial charge in [-0.25, -0.2) is 0 Å². The zero-order valence-corrected chi connectivity index (χ0v) is 15.8. The Bertz CT molecular complexity index is 717. The van der Waals surface area contributed by atoms with Crippen LogP contribution in [0.5, 0.6) is 11.5 Å². The molecule has 2 aromatic rings. The zero-order chi connectivity index (χ0) is 18.9. The number of hydrogen-bond donors (Lipinski definition) is 3. The van der Waals surface area contributed by atoms with Crippen LogP contribution in [0.2, 0.25) is 0 Å². The van der Waals surface area contributed by atoms with Crippen molar-refractivity contribution in [2.75, 3.05) is 31.4 Å². The molecule has 0 spiro atoms. The van der Waals surface area contributed by atoms with Crippen molar-refractivity contribution < 1.29 is 9.47 Å². The molecule has 2 aromatic carbocycles. The third-order valence-corrected chi connectivity index (χ3v) is 4.06. The van der Waals surface area contributed by atoms with E-state index < -0.39 is 0 Å². The highest BCUT2D eigenvalue weighted by molar-refractivity contribution is 5.94. The SMILES string of the molecule is COc1ccc(OC)c(NC(N)=NCC(Nc2ccccc2)C(C)C)c1. The molecule has 0 radical (unpaired) electrons. The van der Waals surface area contributed by atoms with E-state index in [4.69, 9.17) is 15.2 Å². The van der Waals surface area contributed by atoms with Crippen molar-refractivity contribution in [3.63, 3.8) is 0 Å². The van der Waals surface area contributed by atoms with Crippen LogP contribution in [0.25, 0.3) is 0 Å². The van der Waals surface area contributed by atoms with Crippen molar-refractivity contribution in [1.82, 2.24) is 0 Å². The Morgan fingerprint density at radius 1 is 1.08 bits per heavy atom. The lowest BCUT2D eigenvalue weighted by atomic mass is 10.0. The number of methoxy groups -OCH3 is 2. The number of aliphatic imine (C=N–C) groups is 1. The van der Waals surface area contributed by atoms with E-state index in [1.165, 1.54) is 0 Å². The van der Waals surface area contributed by atoms with E-state index in [1.807, 2.05) is 48.5 Å². The Kier molecular flexibility index (Phi) is 7.14. The fourth-order valence-corrected chi connectivity index (χ4v) is 2.46. The van der Waals surface area contributed by atoms with Crippen molar-refractivity contribution in [3.05, 3.63) is 48.5 Å². The maximum atomic E-state index is 6.08. The van der Waals surface area contributed by atoms with Gasteiger partial charge in [0.2, 0.25) is 0 Å². The monoisotopic (exact) mass is 356 g/mol. The fraction of sp³-hybridized carbons (Fsp3) is 0.350. The number of hydrogen-bond acceptors (Lipinski definition) is 4. The Hall–Kier alpha value is -2.89. The zero-order valence-electron chi connectivity index (χ0n) is 15.8. The molecule has 0 saturated carbocycles. The Labute approximate surface area is 155 Å². The average molecular weight is 356 g/mol. The van der Waals surface area contributed by atoms with Gasteiger partial charge in [-0.3, -0.25) is 4.99 Å². The summed E-state index contributed by atoms with van der Waals surface area (Å²) in [6.07, 6.45) is 0. The van der Waals surface area contributed by atoms with Gasteiger partial charge >= 0.3 is 0 Å².